The van der Waals surface area contributed by atoms with Crippen LogP contribution in [-0.4, -0.2) is 32.5 Å². The van der Waals surface area contributed by atoms with E-state index in [0.29, 0.717) is 30.9 Å². The molecule has 0 spiro atoms. The molecule has 1 amide bonds. The molecule has 0 saturated carbocycles. The molecular weight excluding hydrogens is 400 g/mol. The number of unbranched alkanes of at least 4 members (excludes halogenated alkanes) is 1. The Bertz CT molecular complexity index is 1090. The van der Waals surface area contributed by atoms with Crippen LogP contribution >= 0.6 is 0 Å². The third-order valence-electron chi connectivity index (χ3n) is 4.83. The number of aromatic hydroxyl groups is 1. The number of nitro groups is 1. The first kappa shape index (κ1) is 21.9. The summed E-state index contributed by atoms with van der Waals surface area (Å²) in [4.78, 5) is 32.1. The van der Waals surface area contributed by atoms with Crippen molar-refractivity contribution in [2.24, 2.45) is 0 Å². The SMILES string of the molecule is CCCCC(=O)NC(c1ccc(OCC)nc1)c1cc([N+](=O)[O-])c2cccnc2c1O. The van der Waals surface area contributed by atoms with E-state index in [4.69, 9.17) is 4.74 Å². The molecular formula is C22H24N4O5. The summed E-state index contributed by atoms with van der Waals surface area (Å²) >= 11 is 0. The molecule has 2 aromatic heterocycles. The molecule has 162 valence electrons. The number of rotatable bonds is 9. The number of phenolic OH excluding ortho intramolecular Hbond substituents is 1. The molecule has 3 aromatic rings. The number of non-ortho nitro benzene ring substituents is 1. The maximum atomic E-state index is 12.5. The predicted molar refractivity (Wildman–Crippen MR) is 115 cm³/mol. The third-order valence-corrected chi connectivity index (χ3v) is 4.83. The summed E-state index contributed by atoms with van der Waals surface area (Å²) in [5.74, 6) is -0.0440. The smallest absolute Gasteiger partial charge is 0.279 e. The van der Waals surface area contributed by atoms with Crippen molar-refractivity contribution in [1.82, 2.24) is 15.3 Å². The number of phenols is 1. The fraction of sp³-hybridized carbons (Fsp3) is 0.318. The molecule has 1 aromatic carbocycles. The first-order valence-corrected chi connectivity index (χ1v) is 10.1. The molecule has 9 nitrogen and oxygen atoms in total. The average Bonchev–Trinajstić information content (AvgIpc) is 2.77. The summed E-state index contributed by atoms with van der Waals surface area (Å²) in [7, 11) is 0. The van der Waals surface area contributed by atoms with Crippen LogP contribution in [-0.2, 0) is 4.79 Å². The highest BCUT2D eigenvalue weighted by atomic mass is 16.6. The highest BCUT2D eigenvalue weighted by Gasteiger charge is 2.27. The summed E-state index contributed by atoms with van der Waals surface area (Å²) in [6.07, 6.45) is 4.81. The van der Waals surface area contributed by atoms with Crippen molar-refractivity contribution in [2.45, 2.75) is 39.2 Å². The van der Waals surface area contributed by atoms with Gasteiger partial charge in [0, 0.05) is 36.5 Å². The summed E-state index contributed by atoms with van der Waals surface area (Å²) in [5.41, 5.74) is 0.614. The zero-order chi connectivity index (χ0) is 22.4. The van der Waals surface area contributed by atoms with Crippen LogP contribution in [0.1, 0.15) is 50.3 Å². The van der Waals surface area contributed by atoms with Gasteiger partial charge < -0.3 is 15.2 Å². The number of ether oxygens (including phenoxy) is 1. The van der Waals surface area contributed by atoms with Crippen molar-refractivity contribution < 1.29 is 19.6 Å². The van der Waals surface area contributed by atoms with Crippen molar-refractivity contribution in [3.63, 3.8) is 0 Å². The number of nitrogens with zero attached hydrogens (tertiary/aromatic N) is 3. The molecule has 2 N–H and O–H groups in total. The lowest BCUT2D eigenvalue weighted by molar-refractivity contribution is -0.383. The maximum Gasteiger partial charge on any atom is 0.279 e. The molecule has 1 atom stereocenters. The summed E-state index contributed by atoms with van der Waals surface area (Å²) in [6, 6.07) is 6.87. The quantitative estimate of drug-likeness (QED) is 0.392. The third kappa shape index (κ3) is 4.88. The molecule has 0 radical (unpaired) electrons. The minimum absolute atomic E-state index is 0.0957. The van der Waals surface area contributed by atoms with Gasteiger partial charge in [-0.05, 0) is 37.1 Å². The van der Waals surface area contributed by atoms with E-state index in [1.807, 2.05) is 13.8 Å². The number of pyridine rings is 2. The Balaban J connectivity index is 2.14. The van der Waals surface area contributed by atoms with E-state index >= 15 is 0 Å². The van der Waals surface area contributed by atoms with Gasteiger partial charge in [-0.3, -0.25) is 19.9 Å². The van der Waals surface area contributed by atoms with Gasteiger partial charge in [0.1, 0.15) is 11.3 Å². The van der Waals surface area contributed by atoms with Crippen LogP contribution in [0.2, 0.25) is 0 Å². The summed E-state index contributed by atoms with van der Waals surface area (Å²) < 4.78 is 5.37. The molecule has 3 rings (SSSR count). The van der Waals surface area contributed by atoms with Crippen LogP contribution in [0.15, 0.2) is 42.7 Å². The van der Waals surface area contributed by atoms with Gasteiger partial charge in [-0.15, -0.1) is 0 Å². The van der Waals surface area contributed by atoms with E-state index in [2.05, 4.69) is 15.3 Å². The van der Waals surface area contributed by atoms with Crippen LogP contribution < -0.4 is 10.1 Å². The standard InChI is InChI=1S/C22H24N4O5/c1-3-5-8-18(27)25-20(14-9-10-19(24-13-14)31-4-2)16-12-17(26(29)30)15-7-6-11-23-21(15)22(16)28/h6-7,9-13,20,28H,3-5,8H2,1-2H3,(H,25,27). The molecule has 1 unspecified atom stereocenters. The molecule has 2 heterocycles. The summed E-state index contributed by atoms with van der Waals surface area (Å²) in [6.45, 7) is 4.27. The van der Waals surface area contributed by atoms with Gasteiger partial charge in [-0.25, -0.2) is 4.98 Å². The Labute approximate surface area is 179 Å². The fourth-order valence-corrected chi connectivity index (χ4v) is 3.31. The van der Waals surface area contributed by atoms with Crippen LogP contribution in [0, 0.1) is 10.1 Å². The van der Waals surface area contributed by atoms with Crippen molar-refractivity contribution in [2.75, 3.05) is 6.61 Å². The van der Waals surface area contributed by atoms with Crippen LogP contribution in [0.4, 0.5) is 5.69 Å². The number of fused-ring (bicyclic) bond motifs is 1. The van der Waals surface area contributed by atoms with E-state index in [9.17, 15) is 20.0 Å². The van der Waals surface area contributed by atoms with Gasteiger partial charge in [0.25, 0.3) is 5.69 Å². The van der Waals surface area contributed by atoms with E-state index in [1.165, 1.54) is 24.5 Å². The van der Waals surface area contributed by atoms with Gasteiger partial charge in [0.15, 0.2) is 0 Å². The van der Waals surface area contributed by atoms with Crippen molar-refractivity contribution in [3.05, 3.63) is 64.0 Å². The predicted octanol–water partition coefficient (Wildman–Crippen LogP) is 4.04. The number of hydrogen-bond donors (Lipinski definition) is 2. The molecule has 0 aliphatic rings. The fourth-order valence-electron chi connectivity index (χ4n) is 3.31. The molecule has 0 fully saturated rings. The molecule has 0 saturated heterocycles. The highest BCUT2D eigenvalue weighted by Crippen LogP contribution is 2.39. The average molecular weight is 424 g/mol. The number of carbonyl (C=O) groups excluding carboxylic acids is 1. The highest BCUT2D eigenvalue weighted by molar-refractivity contribution is 5.94. The zero-order valence-electron chi connectivity index (χ0n) is 17.4. The van der Waals surface area contributed by atoms with Crippen molar-refractivity contribution in [1.29, 1.82) is 0 Å². The monoisotopic (exact) mass is 424 g/mol. The molecule has 0 aliphatic carbocycles. The topological polar surface area (TPSA) is 127 Å². The lowest BCUT2D eigenvalue weighted by Crippen LogP contribution is -2.29. The van der Waals surface area contributed by atoms with E-state index < -0.39 is 11.0 Å². The van der Waals surface area contributed by atoms with Crippen molar-refractivity contribution >= 4 is 22.5 Å². The first-order valence-electron chi connectivity index (χ1n) is 10.1. The lowest BCUT2D eigenvalue weighted by atomic mass is 9.96. The second-order valence-corrected chi connectivity index (χ2v) is 6.96. The summed E-state index contributed by atoms with van der Waals surface area (Å²) in [5, 5.41) is 25.7. The minimum atomic E-state index is -0.849. The Morgan fingerprint density at radius 1 is 1.29 bits per heavy atom. The Hall–Kier alpha value is -3.75. The number of nitro benzene ring substituents is 1. The molecule has 9 heteroatoms. The number of hydrogen-bond acceptors (Lipinski definition) is 7. The van der Waals surface area contributed by atoms with Crippen LogP contribution in [0.25, 0.3) is 10.9 Å². The largest absolute Gasteiger partial charge is 0.505 e. The van der Waals surface area contributed by atoms with Crippen molar-refractivity contribution in [3.8, 4) is 11.6 Å². The van der Waals surface area contributed by atoms with Gasteiger partial charge in [-0.1, -0.05) is 13.3 Å². The van der Waals surface area contributed by atoms with Crippen LogP contribution in [0.5, 0.6) is 11.6 Å². The Morgan fingerprint density at radius 3 is 2.74 bits per heavy atom. The van der Waals surface area contributed by atoms with E-state index in [1.54, 1.807) is 18.2 Å². The maximum absolute atomic E-state index is 12.5. The Morgan fingerprint density at radius 2 is 2.10 bits per heavy atom. The number of nitrogens with one attached hydrogen (secondary N) is 1. The lowest BCUT2D eigenvalue weighted by Gasteiger charge is -2.21. The van der Waals surface area contributed by atoms with Gasteiger partial charge >= 0.3 is 0 Å². The van der Waals surface area contributed by atoms with Gasteiger partial charge in [-0.2, -0.15) is 0 Å². The minimum Gasteiger partial charge on any atom is -0.505 e. The molecule has 31 heavy (non-hydrogen) atoms. The number of carbonyl (C=O) groups is 1. The number of benzene rings is 1. The first-order chi connectivity index (χ1) is 15.0. The number of amides is 1. The second kappa shape index (κ2) is 9.84. The van der Waals surface area contributed by atoms with Crippen LogP contribution in [0.3, 0.4) is 0 Å². The zero-order valence-corrected chi connectivity index (χ0v) is 17.4. The Kier molecular flexibility index (Phi) is 6.96. The normalized spacial score (nSPS) is 11.8. The van der Waals surface area contributed by atoms with Gasteiger partial charge in [0.05, 0.1) is 23.0 Å². The second-order valence-electron chi connectivity index (χ2n) is 6.96. The number of aromatic nitrogens is 2. The van der Waals surface area contributed by atoms with E-state index in [0.717, 1.165) is 6.42 Å². The van der Waals surface area contributed by atoms with Gasteiger partial charge in [0.2, 0.25) is 11.8 Å². The molecule has 0 bridgehead atoms. The molecule has 0 aliphatic heterocycles. The van der Waals surface area contributed by atoms with E-state index in [-0.39, 0.29) is 33.8 Å².